The van der Waals surface area contributed by atoms with Crippen molar-refractivity contribution in [3.05, 3.63) is 76.5 Å². The summed E-state index contributed by atoms with van der Waals surface area (Å²) in [5.74, 6) is 1.59. The van der Waals surface area contributed by atoms with Crippen LogP contribution in [-0.4, -0.2) is 23.6 Å². The highest BCUT2D eigenvalue weighted by molar-refractivity contribution is 5.61. The Morgan fingerprint density at radius 3 is 2.54 bits per heavy atom. The van der Waals surface area contributed by atoms with Crippen molar-refractivity contribution in [2.45, 2.75) is 33.4 Å². The molecule has 0 aliphatic carbocycles. The smallest absolute Gasteiger partial charge is 0.229 e. The average Bonchev–Trinajstić information content (AvgIpc) is 2.72. The van der Waals surface area contributed by atoms with E-state index in [1.165, 1.54) is 11.1 Å². The van der Waals surface area contributed by atoms with Crippen LogP contribution in [0.2, 0.25) is 0 Å². The molecule has 0 spiro atoms. The van der Waals surface area contributed by atoms with Crippen molar-refractivity contribution in [3.8, 4) is 0 Å². The minimum Gasteiger partial charge on any atom is -0.378 e. The molecule has 0 unspecified atom stereocenters. The van der Waals surface area contributed by atoms with Gasteiger partial charge >= 0.3 is 0 Å². The largest absolute Gasteiger partial charge is 0.378 e. The van der Waals surface area contributed by atoms with Gasteiger partial charge in [-0.05, 0) is 43.0 Å². The van der Waals surface area contributed by atoms with Crippen molar-refractivity contribution in [2.24, 2.45) is 0 Å². The fourth-order valence-electron chi connectivity index (χ4n) is 3.70. The summed E-state index contributed by atoms with van der Waals surface area (Å²) in [5, 5.41) is 3.39. The summed E-state index contributed by atoms with van der Waals surface area (Å²) in [4.78, 5) is 12.0. The molecule has 3 aromatic rings. The van der Waals surface area contributed by atoms with Crippen molar-refractivity contribution < 1.29 is 4.74 Å². The third kappa shape index (κ3) is 3.71. The van der Waals surface area contributed by atoms with Crippen molar-refractivity contribution in [2.75, 3.05) is 23.9 Å². The molecule has 0 radical (unpaired) electrons. The molecule has 0 bridgehead atoms. The number of anilines is 3. The lowest BCUT2D eigenvalue weighted by Crippen LogP contribution is -2.32. The molecule has 4 rings (SSSR count). The number of hydrogen-bond acceptors (Lipinski definition) is 5. The first-order chi connectivity index (χ1) is 13.7. The summed E-state index contributed by atoms with van der Waals surface area (Å²) in [6.07, 6.45) is 1.03. The average molecular weight is 374 g/mol. The summed E-state index contributed by atoms with van der Waals surface area (Å²) in [6.45, 7) is 6.44. The van der Waals surface area contributed by atoms with Gasteiger partial charge in [0.2, 0.25) is 5.95 Å². The molecular weight excluding hydrogens is 348 g/mol. The zero-order chi connectivity index (χ0) is 19.5. The summed E-state index contributed by atoms with van der Waals surface area (Å²) < 4.78 is 5.40. The molecule has 5 heteroatoms. The number of nitrogens with one attached hydrogen (secondary N) is 1. The minimum absolute atomic E-state index is 0.467. The van der Waals surface area contributed by atoms with E-state index in [-0.39, 0.29) is 0 Å². The third-order valence-electron chi connectivity index (χ3n) is 5.32. The number of rotatable bonds is 5. The number of nitrogens with zero attached hydrogens (tertiary/aromatic N) is 3. The van der Waals surface area contributed by atoms with E-state index in [9.17, 15) is 0 Å². The van der Waals surface area contributed by atoms with Gasteiger partial charge in [0, 0.05) is 31.5 Å². The van der Waals surface area contributed by atoms with E-state index < -0.39 is 0 Å². The van der Waals surface area contributed by atoms with Crippen LogP contribution in [0.4, 0.5) is 17.5 Å². The second kappa shape index (κ2) is 7.98. The first kappa shape index (κ1) is 18.4. The SMILES string of the molecule is COCc1nc(Nc2ccccc2C)nc(N2CCc3ccccc3C2)c1C. The predicted molar refractivity (Wildman–Crippen MR) is 113 cm³/mol. The Balaban J connectivity index is 1.70. The van der Waals surface area contributed by atoms with Crippen LogP contribution >= 0.6 is 0 Å². The number of para-hydroxylation sites is 1. The molecule has 1 N–H and O–H groups in total. The Hall–Kier alpha value is -2.92. The Labute approximate surface area is 166 Å². The molecule has 0 saturated carbocycles. The number of aromatic nitrogens is 2. The second-order valence-electron chi connectivity index (χ2n) is 7.26. The molecule has 1 aromatic heterocycles. The molecule has 1 aliphatic rings. The molecule has 0 fully saturated rings. The van der Waals surface area contributed by atoms with E-state index in [1.54, 1.807) is 7.11 Å². The highest BCUT2D eigenvalue weighted by atomic mass is 16.5. The number of benzene rings is 2. The number of hydrogen-bond donors (Lipinski definition) is 1. The molecule has 2 aromatic carbocycles. The van der Waals surface area contributed by atoms with Crippen LogP contribution < -0.4 is 10.2 Å². The number of methoxy groups -OCH3 is 1. The minimum atomic E-state index is 0.467. The first-order valence-corrected chi connectivity index (χ1v) is 9.66. The van der Waals surface area contributed by atoms with Gasteiger partial charge < -0.3 is 15.0 Å². The summed E-state index contributed by atoms with van der Waals surface area (Å²) >= 11 is 0. The Morgan fingerprint density at radius 1 is 1.00 bits per heavy atom. The maximum absolute atomic E-state index is 5.40. The second-order valence-corrected chi connectivity index (χ2v) is 7.26. The van der Waals surface area contributed by atoms with Gasteiger partial charge in [0.25, 0.3) is 0 Å². The Morgan fingerprint density at radius 2 is 1.75 bits per heavy atom. The molecule has 0 saturated heterocycles. The molecule has 2 heterocycles. The monoisotopic (exact) mass is 374 g/mol. The third-order valence-corrected chi connectivity index (χ3v) is 5.32. The fraction of sp³-hybridized carbons (Fsp3) is 0.304. The lowest BCUT2D eigenvalue weighted by molar-refractivity contribution is 0.181. The van der Waals surface area contributed by atoms with Gasteiger partial charge in [0.1, 0.15) is 5.82 Å². The maximum Gasteiger partial charge on any atom is 0.229 e. The molecule has 28 heavy (non-hydrogen) atoms. The topological polar surface area (TPSA) is 50.3 Å². The van der Waals surface area contributed by atoms with Crippen molar-refractivity contribution in [3.63, 3.8) is 0 Å². The van der Waals surface area contributed by atoms with Gasteiger partial charge in [-0.3, -0.25) is 0 Å². The van der Waals surface area contributed by atoms with E-state index in [2.05, 4.69) is 54.4 Å². The van der Waals surface area contributed by atoms with E-state index in [0.717, 1.165) is 47.8 Å². The summed E-state index contributed by atoms with van der Waals surface area (Å²) in [7, 11) is 1.70. The highest BCUT2D eigenvalue weighted by Crippen LogP contribution is 2.29. The predicted octanol–water partition coefficient (Wildman–Crippen LogP) is 4.55. The zero-order valence-corrected chi connectivity index (χ0v) is 16.7. The van der Waals surface area contributed by atoms with Crippen LogP contribution in [-0.2, 0) is 24.3 Å². The van der Waals surface area contributed by atoms with Gasteiger partial charge in [0.05, 0.1) is 12.3 Å². The van der Waals surface area contributed by atoms with Crippen molar-refractivity contribution >= 4 is 17.5 Å². The Bertz CT molecular complexity index is 986. The van der Waals surface area contributed by atoms with Crippen LogP contribution in [0.3, 0.4) is 0 Å². The standard InChI is InChI=1S/C23H26N4O/c1-16-8-4-7-11-20(16)24-23-25-21(15-28-3)17(2)22(26-23)27-13-12-18-9-5-6-10-19(18)14-27/h4-11H,12-15H2,1-3H3,(H,24,25,26). The van der Waals surface area contributed by atoms with Gasteiger partial charge in [-0.1, -0.05) is 42.5 Å². The lowest BCUT2D eigenvalue weighted by Gasteiger charge is -2.31. The lowest BCUT2D eigenvalue weighted by atomic mass is 9.99. The van der Waals surface area contributed by atoms with Gasteiger partial charge in [-0.25, -0.2) is 4.98 Å². The van der Waals surface area contributed by atoms with E-state index in [4.69, 9.17) is 14.7 Å². The van der Waals surface area contributed by atoms with E-state index in [0.29, 0.717) is 12.6 Å². The van der Waals surface area contributed by atoms with Crippen LogP contribution in [0.5, 0.6) is 0 Å². The molecule has 0 atom stereocenters. The van der Waals surface area contributed by atoms with Crippen LogP contribution in [0.15, 0.2) is 48.5 Å². The van der Waals surface area contributed by atoms with Crippen molar-refractivity contribution in [1.29, 1.82) is 0 Å². The van der Waals surface area contributed by atoms with Crippen LogP contribution in [0.1, 0.15) is 27.9 Å². The van der Waals surface area contributed by atoms with Gasteiger partial charge in [-0.15, -0.1) is 0 Å². The van der Waals surface area contributed by atoms with E-state index >= 15 is 0 Å². The molecule has 5 nitrogen and oxygen atoms in total. The van der Waals surface area contributed by atoms with Gasteiger partial charge in [0.15, 0.2) is 0 Å². The molecular formula is C23H26N4O. The van der Waals surface area contributed by atoms with Crippen LogP contribution in [0, 0.1) is 13.8 Å². The highest BCUT2D eigenvalue weighted by Gasteiger charge is 2.21. The quantitative estimate of drug-likeness (QED) is 0.710. The molecule has 144 valence electrons. The normalized spacial score (nSPS) is 13.3. The first-order valence-electron chi connectivity index (χ1n) is 9.66. The zero-order valence-electron chi connectivity index (χ0n) is 16.7. The number of fused-ring (bicyclic) bond motifs is 1. The summed E-state index contributed by atoms with van der Waals surface area (Å²) in [5.41, 5.74) is 6.98. The van der Waals surface area contributed by atoms with Gasteiger partial charge in [-0.2, -0.15) is 4.98 Å². The van der Waals surface area contributed by atoms with Crippen molar-refractivity contribution in [1.82, 2.24) is 9.97 Å². The van der Waals surface area contributed by atoms with E-state index in [1.807, 2.05) is 18.2 Å². The fourth-order valence-corrected chi connectivity index (χ4v) is 3.70. The summed E-state index contributed by atoms with van der Waals surface area (Å²) in [6, 6.07) is 16.8. The Kier molecular flexibility index (Phi) is 5.26. The maximum atomic E-state index is 5.40. The number of ether oxygens (including phenoxy) is 1. The van der Waals surface area contributed by atoms with Crippen LogP contribution in [0.25, 0.3) is 0 Å². The number of aryl methyl sites for hydroxylation is 1. The molecule has 0 amide bonds. The molecule has 1 aliphatic heterocycles.